The topological polar surface area (TPSA) is 121 Å². The molecule has 0 aliphatic rings. The first-order chi connectivity index (χ1) is 6.61. The molecule has 0 saturated heterocycles. The fourth-order valence-electron chi connectivity index (χ4n) is 0. The first-order valence-electron chi connectivity index (χ1n) is 3.60. The number of carbonyl (C=O) groups is 3. The van der Waals surface area contributed by atoms with Crippen LogP contribution in [0.2, 0.25) is 0 Å². The second-order valence-electron chi connectivity index (χ2n) is 1.97. The van der Waals surface area contributed by atoms with Crippen molar-refractivity contribution >= 4 is 17.9 Å². The number of methoxy groups -OCH3 is 1. The van der Waals surface area contributed by atoms with Gasteiger partial charge in [0, 0.05) is 35.0 Å². The van der Waals surface area contributed by atoms with Crippen molar-refractivity contribution in [1.82, 2.24) is 0 Å². The molecule has 0 fully saturated rings. The SMILES string of the molecule is CC(=O)O.CC(=O)O.CC(=O)O.COC. The van der Waals surface area contributed by atoms with Crippen LogP contribution >= 0.6 is 0 Å². The number of rotatable bonds is 0. The summed E-state index contributed by atoms with van der Waals surface area (Å²) in [4.78, 5) is 27.0. The standard InChI is InChI=1S/3C2H4O2.C2H6O/c3*1-2(3)4;1-3-2/h3*1H3,(H,3,4);1-2H3. The predicted molar refractivity (Wildman–Crippen MR) is 52.9 cm³/mol. The van der Waals surface area contributed by atoms with E-state index in [1.54, 1.807) is 14.2 Å². The number of carboxylic acids is 3. The zero-order valence-corrected chi connectivity index (χ0v) is 9.47. The molecule has 0 saturated carbocycles. The van der Waals surface area contributed by atoms with E-state index < -0.39 is 17.9 Å². The Balaban J connectivity index is -0.0000000542. The fourth-order valence-corrected chi connectivity index (χ4v) is 0. The molecule has 0 radical (unpaired) electrons. The van der Waals surface area contributed by atoms with E-state index >= 15 is 0 Å². The van der Waals surface area contributed by atoms with Crippen molar-refractivity contribution in [2.24, 2.45) is 0 Å². The summed E-state index contributed by atoms with van der Waals surface area (Å²) in [7, 11) is 3.25. The number of carboxylic acid groups (broad SMARTS) is 3. The van der Waals surface area contributed by atoms with Crippen LogP contribution in [0.3, 0.4) is 0 Å². The molecule has 7 nitrogen and oxygen atoms in total. The van der Waals surface area contributed by atoms with Crippen LogP contribution < -0.4 is 0 Å². The number of hydrogen-bond donors (Lipinski definition) is 3. The van der Waals surface area contributed by atoms with E-state index in [4.69, 9.17) is 29.7 Å². The Hall–Kier alpha value is -1.63. The number of hydrogen-bond acceptors (Lipinski definition) is 4. The zero-order chi connectivity index (χ0) is 13.4. The van der Waals surface area contributed by atoms with Crippen molar-refractivity contribution in [3.05, 3.63) is 0 Å². The molecule has 3 N–H and O–H groups in total. The maximum atomic E-state index is 9.00. The molecule has 7 heteroatoms. The van der Waals surface area contributed by atoms with Gasteiger partial charge in [-0.25, -0.2) is 0 Å². The summed E-state index contributed by atoms with van der Waals surface area (Å²) in [6.07, 6.45) is 0. The largest absolute Gasteiger partial charge is 0.481 e. The third-order valence-corrected chi connectivity index (χ3v) is 0. The molecule has 0 bridgehead atoms. The third kappa shape index (κ3) is 501. The molecule has 0 amide bonds. The Morgan fingerprint density at radius 1 is 0.733 bits per heavy atom. The smallest absolute Gasteiger partial charge is 0.300 e. The van der Waals surface area contributed by atoms with Crippen LogP contribution in [-0.2, 0) is 19.1 Å². The van der Waals surface area contributed by atoms with Gasteiger partial charge < -0.3 is 20.1 Å². The lowest BCUT2D eigenvalue weighted by molar-refractivity contribution is -0.135. The highest BCUT2D eigenvalue weighted by Crippen LogP contribution is 1.42. The summed E-state index contributed by atoms with van der Waals surface area (Å²) >= 11 is 0. The summed E-state index contributed by atoms with van der Waals surface area (Å²) in [6.45, 7) is 3.25. The van der Waals surface area contributed by atoms with Crippen molar-refractivity contribution in [2.45, 2.75) is 20.8 Å². The van der Waals surface area contributed by atoms with Crippen LogP contribution in [0.4, 0.5) is 0 Å². The molecule has 0 atom stereocenters. The minimum absolute atomic E-state index is 0.833. The second-order valence-corrected chi connectivity index (χ2v) is 1.97. The van der Waals surface area contributed by atoms with Gasteiger partial charge in [-0.15, -0.1) is 0 Å². The molecule has 0 aliphatic carbocycles. The maximum absolute atomic E-state index is 9.00. The van der Waals surface area contributed by atoms with Gasteiger partial charge in [-0.2, -0.15) is 0 Å². The minimum Gasteiger partial charge on any atom is -0.481 e. The Bertz CT molecular complexity index is 124. The predicted octanol–water partition coefficient (Wildman–Crippen LogP) is 0.535. The number of ether oxygens (including phenoxy) is 1. The van der Waals surface area contributed by atoms with Gasteiger partial charge in [0.15, 0.2) is 0 Å². The van der Waals surface area contributed by atoms with Crippen molar-refractivity contribution < 1.29 is 34.4 Å². The molecule has 0 rings (SSSR count). The molecule has 0 aromatic carbocycles. The third-order valence-electron chi connectivity index (χ3n) is 0. The molecule has 0 spiro atoms. The van der Waals surface area contributed by atoms with E-state index in [2.05, 4.69) is 4.74 Å². The molecular weight excluding hydrogens is 208 g/mol. The van der Waals surface area contributed by atoms with Crippen LogP contribution in [0.25, 0.3) is 0 Å². The van der Waals surface area contributed by atoms with Gasteiger partial charge in [-0.05, 0) is 0 Å². The van der Waals surface area contributed by atoms with E-state index in [1.807, 2.05) is 0 Å². The normalized spacial score (nSPS) is 6.20. The highest BCUT2D eigenvalue weighted by Gasteiger charge is 1.66. The van der Waals surface area contributed by atoms with Crippen LogP contribution in [0, 0.1) is 0 Å². The van der Waals surface area contributed by atoms with Gasteiger partial charge in [0.05, 0.1) is 0 Å². The lowest BCUT2D eigenvalue weighted by Gasteiger charge is -1.61. The van der Waals surface area contributed by atoms with Crippen molar-refractivity contribution in [2.75, 3.05) is 14.2 Å². The van der Waals surface area contributed by atoms with Gasteiger partial charge in [-0.3, -0.25) is 14.4 Å². The van der Waals surface area contributed by atoms with Gasteiger partial charge in [0.25, 0.3) is 17.9 Å². The minimum atomic E-state index is -0.833. The molecule has 15 heavy (non-hydrogen) atoms. The summed E-state index contributed by atoms with van der Waals surface area (Å²) < 4.78 is 4.25. The maximum Gasteiger partial charge on any atom is 0.300 e. The first kappa shape index (κ1) is 23.3. The average molecular weight is 226 g/mol. The molecule has 0 aromatic rings. The summed E-state index contributed by atoms with van der Waals surface area (Å²) in [5.41, 5.74) is 0. The molecule has 0 unspecified atom stereocenters. The van der Waals surface area contributed by atoms with Gasteiger partial charge in [0.1, 0.15) is 0 Å². The fraction of sp³-hybridized carbons (Fsp3) is 0.625. The molecule has 0 aromatic heterocycles. The lowest BCUT2D eigenvalue weighted by atomic mass is 10.9. The van der Waals surface area contributed by atoms with E-state index in [0.29, 0.717) is 0 Å². The van der Waals surface area contributed by atoms with Crippen LogP contribution in [-0.4, -0.2) is 47.4 Å². The first-order valence-corrected chi connectivity index (χ1v) is 3.60. The van der Waals surface area contributed by atoms with E-state index in [1.165, 1.54) is 0 Å². The van der Waals surface area contributed by atoms with E-state index in [-0.39, 0.29) is 0 Å². The van der Waals surface area contributed by atoms with Gasteiger partial charge >= 0.3 is 0 Å². The Kier molecular flexibility index (Phi) is 35.5. The van der Waals surface area contributed by atoms with Gasteiger partial charge in [-0.1, -0.05) is 0 Å². The van der Waals surface area contributed by atoms with Crippen LogP contribution in [0.15, 0.2) is 0 Å². The lowest BCUT2D eigenvalue weighted by Crippen LogP contribution is -1.78. The van der Waals surface area contributed by atoms with Crippen molar-refractivity contribution in [1.29, 1.82) is 0 Å². The summed E-state index contributed by atoms with van der Waals surface area (Å²) in [5.74, 6) is -2.50. The monoisotopic (exact) mass is 226 g/mol. The van der Waals surface area contributed by atoms with Gasteiger partial charge in [0.2, 0.25) is 0 Å². The molecule has 92 valence electrons. The van der Waals surface area contributed by atoms with Crippen molar-refractivity contribution in [3.63, 3.8) is 0 Å². The summed E-state index contributed by atoms with van der Waals surface area (Å²) in [6, 6.07) is 0. The second kappa shape index (κ2) is 22.8. The number of aliphatic carboxylic acids is 3. The molecular formula is C8H18O7. The Morgan fingerprint density at radius 2 is 0.733 bits per heavy atom. The average Bonchev–Trinajstić information content (AvgIpc) is 1.81. The highest BCUT2D eigenvalue weighted by molar-refractivity contribution is 5.63. The Morgan fingerprint density at radius 3 is 0.733 bits per heavy atom. The van der Waals surface area contributed by atoms with Crippen molar-refractivity contribution in [3.8, 4) is 0 Å². The zero-order valence-electron chi connectivity index (χ0n) is 9.47. The molecule has 0 aliphatic heterocycles. The van der Waals surface area contributed by atoms with E-state index in [9.17, 15) is 0 Å². The molecule has 0 heterocycles. The van der Waals surface area contributed by atoms with Crippen LogP contribution in [0.5, 0.6) is 0 Å². The summed E-state index contributed by atoms with van der Waals surface area (Å²) in [5, 5.41) is 22.2. The highest BCUT2D eigenvalue weighted by atomic mass is 16.4. The Labute approximate surface area is 88.3 Å². The van der Waals surface area contributed by atoms with E-state index in [0.717, 1.165) is 20.8 Å². The quantitative estimate of drug-likeness (QED) is 0.550. The van der Waals surface area contributed by atoms with Crippen LogP contribution in [0.1, 0.15) is 20.8 Å².